The average Bonchev–Trinajstić information content (AvgIpc) is 2.81. The second-order valence-electron chi connectivity index (χ2n) is 9.09. The van der Waals surface area contributed by atoms with Gasteiger partial charge in [0.05, 0.1) is 11.4 Å². The van der Waals surface area contributed by atoms with Crippen molar-refractivity contribution in [2.24, 2.45) is 0 Å². The molecule has 2 aliphatic heterocycles. The number of carbonyl (C=O) groups excluding carboxylic acids is 1. The van der Waals surface area contributed by atoms with Crippen molar-refractivity contribution in [3.63, 3.8) is 0 Å². The van der Waals surface area contributed by atoms with E-state index in [-0.39, 0.29) is 5.91 Å². The van der Waals surface area contributed by atoms with Crippen LogP contribution in [0.5, 0.6) is 0 Å². The maximum absolute atomic E-state index is 13.1. The summed E-state index contributed by atoms with van der Waals surface area (Å²) < 4.78 is 27.7. The van der Waals surface area contributed by atoms with E-state index in [1.54, 1.807) is 6.07 Å². The Morgan fingerprint density at radius 3 is 2.09 bits per heavy atom. The summed E-state index contributed by atoms with van der Waals surface area (Å²) in [7, 11) is -3.54. The van der Waals surface area contributed by atoms with Crippen LogP contribution in [0.4, 0.5) is 0 Å². The molecule has 4 rings (SSSR count). The molecule has 2 fully saturated rings. The Balaban J connectivity index is 1.24. The Kier molecular flexibility index (Phi) is 7.48. The Labute approximate surface area is 197 Å². The van der Waals surface area contributed by atoms with Crippen LogP contribution in [-0.4, -0.2) is 92.2 Å². The van der Waals surface area contributed by atoms with E-state index in [9.17, 15) is 13.2 Å². The molecule has 0 radical (unpaired) electrons. The lowest BCUT2D eigenvalue weighted by molar-refractivity contribution is -0.134. The normalized spacial score (nSPS) is 19.0. The summed E-state index contributed by atoms with van der Waals surface area (Å²) in [5.74, 6) is 0.0927. The average molecular weight is 471 g/mol. The van der Waals surface area contributed by atoms with Crippen LogP contribution in [0.3, 0.4) is 0 Å². The van der Waals surface area contributed by atoms with Gasteiger partial charge in [-0.25, -0.2) is 8.42 Å². The van der Waals surface area contributed by atoms with Gasteiger partial charge in [-0.2, -0.15) is 4.31 Å². The number of hydrogen-bond donors (Lipinski definition) is 0. The van der Waals surface area contributed by atoms with Crippen LogP contribution in [0.15, 0.2) is 53.4 Å². The number of aryl methyl sites for hydroxylation is 2. The number of hydrogen-bond acceptors (Lipinski definition) is 5. The first kappa shape index (κ1) is 23.9. The molecule has 8 heteroatoms. The van der Waals surface area contributed by atoms with Gasteiger partial charge in [0.15, 0.2) is 0 Å². The fraction of sp³-hybridized carbons (Fsp3) is 0.480. The highest BCUT2D eigenvalue weighted by atomic mass is 32.2. The van der Waals surface area contributed by atoms with Gasteiger partial charge in [-0.05, 0) is 31.0 Å². The molecule has 0 aliphatic carbocycles. The number of amides is 1. The second kappa shape index (κ2) is 10.3. The first-order valence-electron chi connectivity index (χ1n) is 11.7. The van der Waals surface area contributed by atoms with Crippen molar-refractivity contribution < 1.29 is 13.2 Å². The molecular formula is C25H34N4O3S. The Morgan fingerprint density at radius 2 is 1.45 bits per heavy atom. The zero-order valence-electron chi connectivity index (χ0n) is 19.6. The molecule has 2 heterocycles. The van der Waals surface area contributed by atoms with Crippen molar-refractivity contribution in [2.75, 3.05) is 58.9 Å². The minimum atomic E-state index is -3.54. The van der Waals surface area contributed by atoms with E-state index < -0.39 is 10.0 Å². The molecule has 0 bridgehead atoms. The van der Waals surface area contributed by atoms with Gasteiger partial charge in [0.1, 0.15) is 0 Å². The van der Waals surface area contributed by atoms with Crippen molar-refractivity contribution >= 4 is 15.9 Å². The SMILES string of the molecule is Cc1ccc(S(=O)(=O)N2CCN(C(=O)CN3CCN(Cc4ccccc4)CC3)CC2)c(C)c1. The van der Waals surface area contributed by atoms with Gasteiger partial charge >= 0.3 is 0 Å². The minimum Gasteiger partial charge on any atom is -0.339 e. The third-order valence-electron chi connectivity index (χ3n) is 6.61. The van der Waals surface area contributed by atoms with Crippen LogP contribution in [0.1, 0.15) is 16.7 Å². The maximum atomic E-state index is 13.1. The third-order valence-corrected chi connectivity index (χ3v) is 8.67. The summed E-state index contributed by atoms with van der Waals surface area (Å²) in [6, 6.07) is 15.9. The first-order valence-corrected chi connectivity index (χ1v) is 13.1. The molecule has 0 aromatic heterocycles. The van der Waals surface area contributed by atoms with Crippen LogP contribution in [-0.2, 0) is 21.4 Å². The predicted octanol–water partition coefficient (Wildman–Crippen LogP) is 1.95. The zero-order chi connectivity index (χ0) is 23.4. The molecule has 2 saturated heterocycles. The molecule has 1 amide bonds. The molecule has 7 nitrogen and oxygen atoms in total. The lowest BCUT2D eigenvalue weighted by atomic mass is 10.2. The fourth-order valence-electron chi connectivity index (χ4n) is 4.64. The molecule has 0 spiro atoms. The largest absolute Gasteiger partial charge is 0.339 e. The lowest BCUT2D eigenvalue weighted by Gasteiger charge is -2.37. The molecule has 0 saturated carbocycles. The lowest BCUT2D eigenvalue weighted by Crippen LogP contribution is -2.54. The summed E-state index contributed by atoms with van der Waals surface area (Å²) in [4.78, 5) is 19.7. The van der Waals surface area contributed by atoms with E-state index in [2.05, 4.69) is 34.1 Å². The van der Waals surface area contributed by atoms with E-state index in [1.165, 1.54) is 9.87 Å². The molecule has 178 valence electrons. The van der Waals surface area contributed by atoms with Crippen molar-refractivity contribution in [1.29, 1.82) is 0 Å². The summed E-state index contributed by atoms with van der Waals surface area (Å²) in [5, 5.41) is 0. The topological polar surface area (TPSA) is 64.2 Å². The first-order chi connectivity index (χ1) is 15.8. The molecule has 0 atom stereocenters. The number of nitrogens with zero attached hydrogens (tertiary/aromatic N) is 4. The number of benzene rings is 2. The smallest absolute Gasteiger partial charge is 0.243 e. The second-order valence-corrected chi connectivity index (χ2v) is 11.0. The fourth-order valence-corrected chi connectivity index (χ4v) is 6.27. The Hall–Kier alpha value is -2.26. The Bertz CT molecular complexity index is 1060. The van der Waals surface area contributed by atoms with Gasteiger partial charge in [-0.1, -0.05) is 48.0 Å². The van der Waals surface area contributed by atoms with E-state index in [1.807, 2.05) is 36.9 Å². The predicted molar refractivity (Wildman–Crippen MR) is 129 cm³/mol. The number of rotatable bonds is 6. The molecule has 0 unspecified atom stereocenters. The molecule has 33 heavy (non-hydrogen) atoms. The summed E-state index contributed by atoms with van der Waals surface area (Å²) in [5.41, 5.74) is 3.12. The third kappa shape index (κ3) is 5.81. The van der Waals surface area contributed by atoms with Crippen LogP contribution < -0.4 is 0 Å². The number of sulfonamides is 1. The highest BCUT2D eigenvalue weighted by Crippen LogP contribution is 2.22. The van der Waals surface area contributed by atoms with Crippen LogP contribution in [0.25, 0.3) is 0 Å². The molecule has 2 aromatic carbocycles. The van der Waals surface area contributed by atoms with Crippen molar-refractivity contribution in [3.8, 4) is 0 Å². The van der Waals surface area contributed by atoms with Crippen LogP contribution >= 0.6 is 0 Å². The minimum absolute atomic E-state index is 0.0927. The molecule has 2 aromatic rings. The number of carbonyl (C=O) groups is 1. The highest BCUT2D eigenvalue weighted by molar-refractivity contribution is 7.89. The Morgan fingerprint density at radius 1 is 0.818 bits per heavy atom. The zero-order valence-corrected chi connectivity index (χ0v) is 20.4. The van der Waals surface area contributed by atoms with Gasteiger partial charge in [-0.3, -0.25) is 14.6 Å². The van der Waals surface area contributed by atoms with E-state index >= 15 is 0 Å². The van der Waals surface area contributed by atoms with Gasteiger partial charge in [0, 0.05) is 58.9 Å². The van der Waals surface area contributed by atoms with Gasteiger partial charge in [0.25, 0.3) is 0 Å². The van der Waals surface area contributed by atoms with Gasteiger partial charge < -0.3 is 4.90 Å². The standard InChI is InChI=1S/C25H34N4O3S/c1-21-8-9-24(22(2)18-21)33(31,32)29-16-14-28(15-17-29)25(30)20-27-12-10-26(11-13-27)19-23-6-4-3-5-7-23/h3-9,18H,10-17,19-20H2,1-2H3. The monoisotopic (exact) mass is 470 g/mol. The summed E-state index contributed by atoms with van der Waals surface area (Å²) >= 11 is 0. The van der Waals surface area contributed by atoms with Gasteiger partial charge in [-0.15, -0.1) is 0 Å². The molecule has 0 N–H and O–H groups in total. The maximum Gasteiger partial charge on any atom is 0.243 e. The van der Waals surface area contributed by atoms with E-state index in [0.29, 0.717) is 37.6 Å². The van der Waals surface area contributed by atoms with Crippen molar-refractivity contribution in [2.45, 2.75) is 25.3 Å². The summed E-state index contributed by atoms with van der Waals surface area (Å²) in [6.45, 7) is 10.3. The summed E-state index contributed by atoms with van der Waals surface area (Å²) in [6.07, 6.45) is 0. The molecular weight excluding hydrogens is 436 g/mol. The van der Waals surface area contributed by atoms with Crippen LogP contribution in [0, 0.1) is 13.8 Å². The van der Waals surface area contributed by atoms with E-state index in [0.717, 1.165) is 43.9 Å². The van der Waals surface area contributed by atoms with Gasteiger partial charge in [0.2, 0.25) is 15.9 Å². The van der Waals surface area contributed by atoms with Crippen molar-refractivity contribution in [1.82, 2.24) is 19.0 Å². The quantitative estimate of drug-likeness (QED) is 0.646. The number of piperazine rings is 2. The van der Waals surface area contributed by atoms with E-state index in [4.69, 9.17) is 0 Å². The molecule has 2 aliphatic rings. The van der Waals surface area contributed by atoms with Crippen molar-refractivity contribution in [3.05, 3.63) is 65.2 Å². The van der Waals surface area contributed by atoms with Crippen LogP contribution in [0.2, 0.25) is 0 Å². The highest BCUT2D eigenvalue weighted by Gasteiger charge is 2.31.